The summed E-state index contributed by atoms with van der Waals surface area (Å²) in [5, 5.41) is 0. The summed E-state index contributed by atoms with van der Waals surface area (Å²) in [5.74, 6) is 1.83. The van der Waals surface area contributed by atoms with Gasteiger partial charge in [0.05, 0.1) is 12.0 Å². The van der Waals surface area contributed by atoms with Crippen LogP contribution in [-0.2, 0) is 5.75 Å². The first kappa shape index (κ1) is 9.21. The number of nitrogen functional groups attached to an aromatic ring is 1. The van der Waals surface area contributed by atoms with Crippen LogP contribution in [0.2, 0.25) is 0 Å². The molecule has 14 heavy (non-hydrogen) atoms. The molecule has 0 saturated heterocycles. The molecule has 2 aromatic rings. The van der Waals surface area contributed by atoms with Crippen LogP contribution in [0.1, 0.15) is 5.76 Å². The highest BCUT2D eigenvalue weighted by Crippen LogP contribution is 2.24. The minimum absolute atomic E-state index is 0.800. The van der Waals surface area contributed by atoms with E-state index in [1.807, 2.05) is 36.4 Å². The quantitative estimate of drug-likeness (QED) is 0.618. The van der Waals surface area contributed by atoms with E-state index in [0.29, 0.717) is 0 Å². The molecule has 0 aliphatic rings. The number of benzene rings is 1. The Morgan fingerprint density at radius 1 is 1.21 bits per heavy atom. The molecule has 0 fully saturated rings. The molecule has 2 N–H and O–H groups in total. The van der Waals surface area contributed by atoms with Crippen LogP contribution < -0.4 is 5.73 Å². The van der Waals surface area contributed by atoms with Gasteiger partial charge in [0, 0.05) is 10.6 Å². The lowest BCUT2D eigenvalue weighted by Gasteiger charge is -2.00. The molecule has 0 aliphatic carbocycles. The average molecular weight is 205 g/mol. The zero-order chi connectivity index (χ0) is 9.80. The maximum absolute atomic E-state index is 5.67. The predicted octanol–water partition coefficient (Wildman–Crippen LogP) is 3.15. The van der Waals surface area contributed by atoms with E-state index in [9.17, 15) is 0 Å². The average Bonchev–Trinajstić information content (AvgIpc) is 2.67. The van der Waals surface area contributed by atoms with Gasteiger partial charge in [-0.2, -0.15) is 0 Å². The number of furan rings is 1. The second-order valence-electron chi connectivity index (χ2n) is 2.94. The Morgan fingerprint density at radius 2 is 2.14 bits per heavy atom. The van der Waals surface area contributed by atoms with E-state index < -0.39 is 0 Å². The summed E-state index contributed by atoms with van der Waals surface area (Å²) in [7, 11) is 0. The van der Waals surface area contributed by atoms with E-state index in [1.165, 1.54) is 4.90 Å². The van der Waals surface area contributed by atoms with Crippen molar-refractivity contribution in [2.45, 2.75) is 10.6 Å². The van der Waals surface area contributed by atoms with Gasteiger partial charge >= 0.3 is 0 Å². The Balaban J connectivity index is 1.98. The maximum Gasteiger partial charge on any atom is 0.113 e. The van der Waals surface area contributed by atoms with Crippen molar-refractivity contribution >= 4 is 17.4 Å². The molecular weight excluding hydrogens is 194 g/mol. The molecule has 0 bridgehead atoms. The second kappa shape index (κ2) is 4.24. The summed E-state index contributed by atoms with van der Waals surface area (Å²) >= 11 is 1.72. The van der Waals surface area contributed by atoms with Crippen molar-refractivity contribution in [3.05, 3.63) is 48.4 Å². The molecule has 72 valence electrons. The van der Waals surface area contributed by atoms with Gasteiger partial charge in [0.1, 0.15) is 5.76 Å². The number of hydrogen-bond donors (Lipinski definition) is 1. The largest absolute Gasteiger partial charge is 0.468 e. The van der Waals surface area contributed by atoms with E-state index in [4.69, 9.17) is 10.2 Å². The van der Waals surface area contributed by atoms with Crippen molar-refractivity contribution in [3.63, 3.8) is 0 Å². The minimum Gasteiger partial charge on any atom is -0.468 e. The van der Waals surface area contributed by atoms with E-state index in [0.717, 1.165) is 17.2 Å². The Labute approximate surface area is 87.1 Å². The maximum atomic E-state index is 5.67. The summed E-state index contributed by atoms with van der Waals surface area (Å²) in [5.41, 5.74) is 6.47. The van der Waals surface area contributed by atoms with Gasteiger partial charge in [-0.05, 0) is 30.3 Å². The van der Waals surface area contributed by atoms with Crippen LogP contribution in [0.15, 0.2) is 52.0 Å². The first-order chi connectivity index (χ1) is 6.84. The van der Waals surface area contributed by atoms with Gasteiger partial charge in [-0.3, -0.25) is 0 Å². The lowest BCUT2D eigenvalue weighted by molar-refractivity contribution is 0.530. The molecule has 1 heterocycles. The molecule has 2 nitrogen and oxygen atoms in total. The third kappa shape index (κ3) is 2.33. The van der Waals surface area contributed by atoms with Crippen LogP contribution in [0.4, 0.5) is 5.69 Å². The summed E-state index contributed by atoms with van der Waals surface area (Å²) in [4.78, 5) is 1.17. The lowest BCUT2D eigenvalue weighted by Crippen LogP contribution is -1.83. The second-order valence-corrected chi connectivity index (χ2v) is 3.99. The summed E-state index contributed by atoms with van der Waals surface area (Å²) in [6.07, 6.45) is 1.69. The number of anilines is 1. The van der Waals surface area contributed by atoms with Crippen molar-refractivity contribution in [1.82, 2.24) is 0 Å². The van der Waals surface area contributed by atoms with E-state index in [-0.39, 0.29) is 0 Å². The van der Waals surface area contributed by atoms with Gasteiger partial charge in [-0.25, -0.2) is 0 Å². The van der Waals surface area contributed by atoms with E-state index in [1.54, 1.807) is 18.0 Å². The Morgan fingerprint density at radius 3 is 2.86 bits per heavy atom. The molecule has 1 aromatic carbocycles. The molecule has 0 unspecified atom stereocenters. The Kier molecular flexibility index (Phi) is 2.79. The zero-order valence-corrected chi connectivity index (χ0v) is 8.46. The van der Waals surface area contributed by atoms with E-state index >= 15 is 0 Å². The highest BCUT2D eigenvalue weighted by molar-refractivity contribution is 7.98. The summed E-state index contributed by atoms with van der Waals surface area (Å²) in [6, 6.07) is 11.7. The van der Waals surface area contributed by atoms with Crippen molar-refractivity contribution in [1.29, 1.82) is 0 Å². The van der Waals surface area contributed by atoms with Crippen LogP contribution in [0.5, 0.6) is 0 Å². The standard InChI is InChI=1S/C11H11NOS/c12-9-3-1-5-11(7-9)14-8-10-4-2-6-13-10/h1-7H,8,12H2. The molecule has 0 amide bonds. The predicted molar refractivity (Wildman–Crippen MR) is 59.1 cm³/mol. The molecule has 0 spiro atoms. The van der Waals surface area contributed by atoms with Crippen molar-refractivity contribution in [2.24, 2.45) is 0 Å². The fourth-order valence-corrected chi connectivity index (χ4v) is 2.02. The van der Waals surface area contributed by atoms with Crippen LogP contribution in [0.25, 0.3) is 0 Å². The van der Waals surface area contributed by atoms with Crippen LogP contribution >= 0.6 is 11.8 Å². The third-order valence-corrected chi connectivity index (χ3v) is 2.84. The number of rotatable bonds is 3. The van der Waals surface area contributed by atoms with Crippen molar-refractivity contribution in [2.75, 3.05) is 5.73 Å². The molecule has 0 saturated carbocycles. The highest BCUT2D eigenvalue weighted by Gasteiger charge is 1.98. The topological polar surface area (TPSA) is 39.2 Å². The molecule has 0 aliphatic heterocycles. The first-order valence-corrected chi connectivity index (χ1v) is 5.34. The molecule has 3 heteroatoms. The van der Waals surface area contributed by atoms with Crippen molar-refractivity contribution in [3.8, 4) is 0 Å². The van der Waals surface area contributed by atoms with Gasteiger partial charge in [-0.15, -0.1) is 11.8 Å². The van der Waals surface area contributed by atoms with Crippen molar-refractivity contribution < 1.29 is 4.42 Å². The Hall–Kier alpha value is -1.35. The monoisotopic (exact) mass is 205 g/mol. The Bertz CT molecular complexity index is 397. The van der Waals surface area contributed by atoms with Gasteiger partial charge < -0.3 is 10.2 Å². The van der Waals surface area contributed by atoms with Gasteiger partial charge in [0.2, 0.25) is 0 Å². The van der Waals surface area contributed by atoms with Gasteiger partial charge in [0.25, 0.3) is 0 Å². The summed E-state index contributed by atoms with van der Waals surface area (Å²) in [6.45, 7) is 0. The number of hydrogen-bond acceptors (Lipinski definition) is 3. The van der Waals surface area contributed by atoms with Crippen LogP contribution in [-0.4, -0.2) is 0 Å². The smallest absolute Gasteiger partial charge is 0.113 e. The number of nitrogens with two attached hydrogens (primary N) is 1. The van der Waals surface area contributed by atoms with Crippen LogP contribution in [0.3, 0.4) is 0 Å². The normalized spacial score (nSPS) is 10.3. The third-order valence-electron chi connectivity index (χ3n) is 1.82. The first-order valence-electron chi connectivity index (χ1n) is 4.35. The van der Waals surface area contributed by atoms with Gasteiger partial charge in [0.15, 0.2) is 0 Å². The van der Waals surface area contributed by atoms with E-state index in [2.05, 4.69) is 0 Å². The van der Waals surface area contributed by atoms with Crippen LogP contribution in [0, 0.1) is 0 Å². The lowest BCUT2D eigenvalue weighted by atomic mass is 10.3. The minimum atomic E-state index is 0.800. The molecule has 1 aromatic heterocycles. The molecule has 0 radical (unpaired) electrons. The van der Waals surface area contributed by atoms with Gasteiger partial charge in [-0.1, -0.05) is 6.07 Å². The fraction of sp³-hybridized carbons (Fsp3) is 0.0909. The molecule has 0 atom stereocenters. The SMILES string of the molecule is Nc1cccc(SCc2ccco2)c1. The summed E-state index contributed by atoms with van der Waals surface area (Å²) < 4.78 is 5.23. The zero-order valence-electron chi connectivity index (χ0n) is 7.64. The fourth-order valence-electron chi connectivity index (χ4n) is 1.15. The highest BCUT2D eigenvalue weighted by atomic mass is 32.2. The molecular formula is C11H11NOS. The molecule has 2 rings (SSSR count). The number of thioether (sulfide) groups is 1.